The number of aliphatic carboxylic acids is 1. The fourth-order valence-electron chi connectivity index (χ4n) is 3.50. The third-order valence-electron chi connectivity index (χ3n) is 5.25. The van der Waals surface area contributed by atoms with Crippen molar-refractivity contribution in [3.8, 4) is 0 Å². The molecule has 0 heterocycles. The second-order valence-electron chi connectivity index (χ2n) is 8.11. The van der Waals surface area contributed by atoms with Crippen molar-refractivity contribution < 1.29 is 91.5 Å². The molecule has 0 fully saturated rings. The van der Waals surface area contributed by atoms with Gasteiger partial charge in [-0.2, -0.15) is 8.42 Å². The monoisotopic (exact) mass is 495 g/mol. The molecule has 0 aliphatic rings. The smallest absolute Gasteiger partial charge is 0.550 e. The Morgan fingerprint density at radius 1 is 0.781 bits per heavy atom. The van der Waals surface area contributed by atoms with Gasteiger partial charge < -0.3 is 14.6 Å². The number of ether oxygens (including phenoxy) is 1. The van der Waals surface area contributed by atoms with E-state index in [-0.39, 0.29) is 59.1 Å². The van der Waals surface area contributed by atoms with Crippen molar-refractivity contribution in [2.24, 2.45) is 0 Å². The molecule has 0 radical (unpaired) electrons. The molecule has 0 aromatic rings. The third-order valence-corrected chi connectivity index (χ3v) is 6.33. The average Bonchev–Trinajstić information content (AvgIpc) is 2.66. The van der Waals surface area contributed by atoms with Gasteiger partial charge in [0, 0.05) is 12.4 Å². The Morgan fingerprint density at radius 2 is 1.22 bits per heavy atom. The van der Waals surface area contributed by atoms with Crippen LogP contribution in [0.2, 0.25) is 0 Å². The standard InChI is InChI=1S/C22H42O7S.2Na/c1-3-5-6-7-8-9-10-11-12-13-14-15-17-19(16-4-2)29-22(25)20(18-21(23)24)30(26,27)28;;/h19-20H,3-18H2,1-2H3,(H,23,24)(H,26,27,28);;/q;2*+1/p-1. The van der Waals surface area contributed by atoms with Gasteiger partial charge in [0.1, 0.15) is 6.10 Å². The predicted molar refractivity (Wildman–Crippen MR) is 115 cm³/mol. The van der Waals surface area contributed by atoms with E-state index in [1.54, 1.807) is 0 Å². The molecule has 1 N–H and O–H groups in total. The molecule has 7 nitrogen and oxygen atoms in total. The zero-order chi connectivity index (χ0) is 22.8. The van der Waals surface area contributed by atoms with Crippen molar-refractivity contribution in [2.75, 3.05) is 0 Å². The molecule has 2 atom stereocenters. The molecule has 0 aromatic heterocycles. The normalized spacial score (nSPS) is 12.8. The van der Waals surface area contributed by atoms with E-state index in [4.69, 9.17) is 9.29 Å². The maximum absolute atomic E-state index is 12.1. The topological polar surface area (TPSA) is 121 Å². The SMILES string of the molecule is CCCCCCCCCCCCCCC(CCC)OC(=O)C(CC(=O)[O-])S(=O)(=O)O.[Na+].[Na+]. The van der Waals surface area contributed by atoms with E-state index in [0.29, 0.717) is 12.8 Å². The number of esters is 1. The number of carbonyl (C=O) groups is 2. The van der Waals surface area contributed by atoms with Crippen molar-refractivity contribution in [3.05, 3.63) is 0 Å². The zero-order valence-electron chi connectivity index (χ0n) is 20.8. The first-order chi connectivity index (χ1) is 14.2. The van der Waals surface area contributed by atoms with Crippen LogP contribution < -0.4 is 64.2 Å². The minimum absolute atomic E-state index is 0. The Balaban J connectivity index is -0.00000420. The van der Waals surface area contributed by atoms with Crippen LogP contribution in [0.5, 0.6) is 0 Å². The molecular formula is C22H41Na2O7S+. The van der Waals surface area contributed by atoms with Crippen LogP contribution in [-0.4, -0.2) is 36.3 Å². The van der Waals surface area contributed by atoms with Crippen LogP contribution in [0.1, 0.15) is 117 Å². The number of carboxylic acid groups (broad SMARTS) is 1. The summed E-state index contributed by atoms with van der Waals surface area (Å²) in [5, 5.41) is 8.54. The number of unbranched alkanes of at least 4 members (excludes halogenated alkanes) is 11. The van der Waals surface area contributed by atoms with Crippen molar-refractivity contribution in [1.29, 1.82) is 0 Å². The molecule has 0 rings (SSSR count). The summed E-state index contributed by atoms with van der Waals surface area (Å²) < 4.78 is 36.9. The first-order valence-corrected chi connectivity index (χ1v) is 13.1. The zero-order valence-corrected chi connectivity index (χ0v) is 25.6. The average molecular weight is 496 g/mol. The van der Waals surface area contributed by atoms with E-state index in [2.05, 4.69) is 6.92 Å². The molecule has 0 spiro atoms. The summed E-state index contributed by atoms with van der Waals surface area (Å²) in [6, 6.07) is 0. The van der Waals surface area contributed by atoms with Crippen molar-refractivity contribution in [3.63, 3.8) is 0 Å². The molecule has 0 aliphatic carbocycles. The van der Waals surface area contributed by atoms with Crippen LogP contribution in [0.4, 0.5) is 0 Å². The van der Waals surface area contributed by atoms with Gasteiger partial charge in [-0.3, -0.25) is 9.35 Å². The molecule has 0 saturated heterocycles. The van der Waals surface area contributed by atoms with E-state index in [9.17, 15) is 23.1 Å². The van der Waals surface area contributed by atoms with Gasteiger partial charge in [-0.15, -0.1) is 0 Å². The minimum Gasteiger partial charge on any atom is -0.550 e. The number of carboxylic acids is 1. The van der Waals surface area contributed by atoms with Gasteiger partial charge >= 0.3 is 65.1 Å². The second-order valence-corrected chi connectivity index (χ2v) is 9.70. The second kappa shape index (κ2) is 23.6. The quantitative estimate of drug-likeness (QED) is 0.0915. The molecule has 2 unspecified atom stereocenters. The maximum atomic E-state index is 12.1. The maximum Gasteiger partial charge on any atom is 1.00 e. The Morgan fingerprint density at radius 3 is 1.59 bits per heavy atom. The number of rotatable bonds is 20. The molecule has 10 heteroatoms. The number of carbonyl (C=O) groups excluding carboxylic acids is 2. The Hall–Kier alpha value is 0.850. The van der Waals surface area contributed by atoms with E-state index >= 15 is 0 Å². The van der Waals surface area contributed by atoms with Crippen LogP contribution in [0.3, 0.4) is 0 Å². The first kappa shape index (κ1) is 37.4. The van der Waals surface area contributed by atoms with Crippen molar-refractivity contribution in [1.82, 2.24) is 0 Å². The van der Waals surface area contributed by atoms with Crippen molar-refractivity contribution in [2.45, 2.75) is 128 Å². The van der Waals surface area contributed by atoms with E-state index in [1.807, 2.05) is 6.92 Å². The summed E-state index contributed by atoms with van der Waals surface area (Å²) in [5.74, 6) is -2.96. The molecular weight excluding hydrogens is 454 g/mol. The third kappa shape index (κ3) is 21.4. The Kier molecular flexibility index (Phi) is 27.6. The minimum atomic E-state index is -4.86. The summed E-state index contributed by atoms with van der Waals surface area (Å²) in [7, 11) is -4.86. The van der Waals surface area contributed by atoms with Gasteiger partial charge in [-0.1, -0.05) is 90.9 Å². The van der Waals surface area contributed by atoms with Gasteiger partial charge in [0.15, 0.2) is 5.25 Å². The summed E-state index contributed by atoms with van der Waals surface area (Å²) in [6.45, 7) is 4.15. The van der Waals surface area contributed by atoms with Gasteiger partial charge in [0.25, 0.3) is 10.1 Å². The summed E-state index contributed by atoms with van der Waals surface area (Å²) in [4.78, 5) is 22.8. The van der Waals surface area contributed by atoms with Crippen LogP contribution in [-0.2, 0) is 24.4 Å². The predicted octanol–water partition coefficient (Wildman–Crippen LogP) is -1.81. The van der Waals surface area contributed by atoms with E-state index in [0.717, 1.165) is 25.7 Å². The summed E-state index contributed by atoms with van der Waals surface area (Å²) >= 11 is 0. The Bertz CT molecular complexity index is 571. The van der Waals surface area contributed by atoms with Gasteiger partial charge in [-0.05, 0) is 19.3 Å². The molecule has 0 aromatic carbocycles. The summed E-state index contributed by atoms with van der Waals surface area (Å²) in [5.41, 5.74) is 0. The fraction of sp³-hybridized carbons (Fsp3) is 0.909. The van der Waals surface area contributed by atoms with Crippen molar-refractivity contribution >= 4 is 22.1 Å². The van der Waals surface area contributed by atoms with Crippen LogP contribution >= 0.6 is 0 Å². The first-order valence-electron chi connectivity index (χ1n) is 11.6. The molecule has 0 saturated carbocycles. The number of hydrogen-bond acceptors (Lipinski definition) is 6. The Labute approximate surface area is 239 Å². The number of hydrogen-bond donors (Lipinski definition) is 1. The van der Waals surface area contributed by atoms with Crippen LogP contribution in [0.25, 0.3) is 0 Å². The van der Waals surface area contributed by atoms with E-state index in [1.165, 1.54) is 57.8 Å². The van der Waals surface area contributed by atoms with E-state index < -0.39 is 39.8 Å². The van der Waals surface area contributed by atoms with Gasteiger partial charge in [0.05, 0.1) is 0 Å². The summed E-state index contributed by atoms with van der Waals surface area (Å²) in [6.07, 6.45) is 14.9. The largest absolute Gasteiger partial charge is 1.00 e. The molecule has 178 valence electrons. The van der Waals surface area contributed by atoms with Crippen LogP contribution in [0, 0.1) is 0 Å². The molecule has 0 bridgehead atoms. The molecule has 0 aliphatic heterocycles. The van der Waals surface area contributed by atoms with Gasteiger partial charge in [0.2, 0.25) is 0 Å². The molecule has 32 heavy (non-hydrogen) atoms. The fourth-order valence-corrected chi connectivity index (χ4v) is 4.14. The van der Waals surface area contributed by atoms with Crippen LogP contribution in [0.15, 0.2) is 0 Å². The molecule has 0 amide bonds. The van der Waals surface area contributed by atoms with Gasteiger partial charge in [-0.25, -0.2) is 0 Å².